The second-order valence-electron chi connectivity index (χ2n) is 7.23. The molecular formula is C21H24N4O2. The van der Waals surface area contributed by atoms with Crippen molar-refractivity contribution in [2.75, 3.05) is 31.1 Å². The van der Waals surface area contributed by atoms with Crippen molar-refractivity contribution >= 4 is 22.5 Å². The number of benzene rings is 1. The summed E-state index contributed by atoms with van der Waals surface area (Å²) in [5, 5.41) is 0.587. The van der Waals surface area contributed by atoms with Crippen LogP contribution < -0.4 is 10.5 Å². The zero-order valence-electron chi connectivity index (χ0n) is 16.0. The molecule has 1 aliphatic rings. The molecule has 27 heavy (non-hydrogen) atoms. The minimum atomic E-state index is -0.0775. The highest BCUT2D eigenvalue weighted by Crippen LogP contribution is 2.20. The van der Waals surface area contributed by atoms with E-state index in [1.54, 1.807) is 19.3 Å². The number of hydrogen-bond acceptors (Lipinski definition) is 3. The Bertz CT molecular complexity index is 1050. The van der Waals surface area contributed by atoms with Gasteiger partial charge in [-0.15, -0.1) is 0 Å². The number of rotatable bonds is 2. The molecule has 0 N–H and O–H groups in total. The Morgan fingerprint density at radius 2 is 1.63 bits per heavy atom. The first kappa shape index (κ1) is 17.4. The molecule has 1 aliphatic heterocycles. The summed E-state index contributed by atoms with van der Waals surface area (Å²) in [6.07, 6.45) is 1.74. The zero-order chi connectivity index (χ0) is 19.1. The number of aryl methyl sites for hydroxylation is 3. The molecule has 1 saturated heterocycles. The van der Waals surface area contributed by atoms with Gasteiger partial charge in [0.05, 0.1) is 10.9 Å². The second-order valence-corrected chi connectivity index (χ2v) is 7.23. The fourth-order valence-electron chi connectivity index (χ4n) is 3.72. The Kier molecular flexibility index (Phi) is 4.26. The first-order chi connectivity index (χ1) is 13.0. The maximum absolute atomic E-state index is 13.1. The van der Waals surface area contributed by atoms with E-state index in [-0.39, 0.29) is 11.5 Å². The van der Waals surface area contributed by atoms with E-state index in [9.17, 15) is 9.59 Å². The number of anilines is 1. The van der Waals surface area contributed by atoms with Crippen LogP contribution in [0.4, 0.5) is 5.69 Å². The molecular weight excluding hydrogens is 340 g/mol. The van der Waals surface area contributed by atoms with Gasteiger partial charge in [-0.25, -0.2) is 0 Å². The van der Waals surface area contributed by atoms with Crippen LogP contribution in [0.25, 0.3) is 10.9 Å². The predicted octanol–water partition coefficient (Wildman–Crippen LogP) is 2.15. The van der Waals surface area contributed by atoms with E-state index < -0.39 is 0 Å². The van der Waals surface area contributed by atoms with E-state index >= 15 is 0 Å². The van der Waals surface area contributed by atoms with Crippen molar-refractivity contribution in [2.45, 2.75) is 6.92 Å². The van der Waals surface area contributed by atoms with Gasteiger partial charge in [0.2, 0.25) is 0 Å². The van der Waals surface area contributed by atoms with Crippen molar-refractivity contribution in [1.29, 1.82) is 0 Å². The third-order valence-electron chi connectivity index (χ3n) is 5.47. The maximum atomic E-state index is 13.1. The van der Waals surface area contributed by atoms with E-state index in [1.807, 2.05) is 22.6 Å². The van der Waals surface area contributed by atoms with Gasteiger partial charge in [-0.05, 0) is 31.2 Å². The number of hydrogen-bond donors (Lipinski definition) is 0. The monoisotopic (exact) mass is 364 g/mol. The third kappa shape index (κ3) is 3.01. The largest absolute Gasteiger partial charge is 0.368 e. The molecule has 140 valence electrons. The fraction of sp³-hybridized carbons (Fsp3) is 0.333. The molecule has 1 aromatic carbocycles. The highest BCUT2D eigenvalue weighted by molar-refractivity contribution is 5.98. The number of aromatic nitrogens is 2. The average molecular weight is 364 g/mol. The number of fused-ring (bicyclic) bond motifs is 1. The predicted molar refractivity (Wildman–Crippen MR) is 107 cm³/mol. The Hall–Kier alpha value is -3.02. The van der Waals surface area contributed by atoms with Gasteiger partial charge < -0.3 is 18.9 Å². The van der Waals surface area contributed by atoms with E-state index in [4.69, 9.17) is 0 Å². The molecule has 0 bridgehead atoms. The number of amides is 1. The lowest BCUT2D eigenvalue weighted by atomic mass is 10.2. The van der Waals surface area contributed by atoms with Gasteiger partial charge in [-0.1, -0.05) is 17.7 Å². The summed E-state index contributed by atoms with van der Waals surface area (Å²) in [6.45, 7) is 5.04. The molecule has 0 aliphatic carbocycles. The molecule has 1 fully saturated rings. The van der Waals surface area contributed by atoms with Crippen molar-refractivity contribution in [2.24, 2.45) is 14.1 Å². The van der Waals surface area contributed by atoms with Crippen LogP contribution in [0.2, 0.25) is 0 Å². The van der Waals surface area contributed by atoms with Crippen molar-refractivity contribution < 1.29 is 4.79 Å². The van der Waals surface area contributed by atoms with Gasteiger partial charge in [0, 0.05) is 52.2 Å². The number of piperazine rings is 1. The molecule has 0 unspecified atom stereocenters. The Balaban J connectivity index is 1.54. The summed E-state index contributed by atoms with van der Waals surface area (Å²) in [7, 11) is 3.57. The molecule has 3 aromatic rings. The van der Waals surface area contributed by atoms with Crippen LogP contribution in [0.3, 0.4) is 0 Å². The number of nitrogens with zero attached hydrogens (tertiary/aromatic N) is 4. The lowest BCUT2D eigenvalue weighted by Crippen LogP contribution is -2.49. The topological polar surface area (TPSA) is 50.5 Å². The summed E-state index contributed by atoms with van der Waals surface area (Å²) >= 11 is 0. The van der Waals surface area contributed by atoms with Crippen LogP contribution in [0, 0.1) is 6.92 Å². The number of carbonyl (C=O) groups is 1. The smallest absolute Gasteiger partial charge is 0.270 e. The standard InChI is InChI=1S/C21H24N4O2/c1-15-4-6-16(7-5-15)24-10-12-25(13-11-24)21(27)19-14-17-18(23(19)3)8-9-22(2)20(17)26/h4-9,14H,10-13H2,1-3H3. The fourth-order valence-corrected chi connectivity index (χ4v) is 3.72. The molecule has 3 heterocycles. The van der Waals surface area contributed by atoms with Crippen molar-refractivity contribution in [3.63, 3.8) is 0 Å². The lowest BCUT2D eigenvalue weighted by molar-refractivity contribution is 0.0737. The highest BCUT2D eigenvalue weighted by atomic mass is 16.2. The van der Waals surface area contributed by atoms with Crippen LogP contribution >= 0.6 is 0 Å². The summed E-state index contributed by atoms with van der Waals surface area (Å²) in [6, 6.07) is 12.1. The first-order valence-electron chi connectivity index (χ1n) is 9.21. The summed E-state index contributed by atoms with van der Waals surface area (Å²) in [5.74, 6) is -0.0145. The lowest BCUT2D eigenvalue weighted by Gasteiger charge is -2.36. The third-order valence-corrected chi connectivity index (χ3v) is 5.47. The molecule has 0 saturated carbocycles. The van der Waals surface area contributed by atoms with Gasteiger partial charge in [0.15, 0.2) is 0 Å². The first-order valence-corrected chi connectivity index (χ1v) is 9.21. The van der Waals surface area contributed by atoms with Gasteiger partial charge in [-0.3, -0.25) is 9.59 Å². The molecule has 6 nitrogen and oxygen atoms in total. The Labute approximate surface area is 158 Å². The van der Waals surface area contributed by atoms with E-state index in [0.29, 0.717) is 24.2 Å². The SMILES string of the molecule is Cc1ccc(N2CCN(C(=O)c3cc4c(=O)n(C)ccc4n3C)CC2)cc1. The molecule has 0 spiro atoms. The maximum Gasteiger partial charge on any atom is 0.270 e. The van der Waals surface area contributed by atoms with Gasteiger partial charge in [-0.2, -0.15) is 0 Å². The van der Waals surface area contributed by atoms with Crippen LogP contribution in [-0.2, 0) is 14.1 Å². The van der Waals surface area contributed by atoms with Crippen LogP contribution in [0.1, 0.15) is 16.1 Å². The van der Waals surface area contributed by atoms with Crippen molar-refractivity contribution in [3.05, 3.63) is 64.2 Å². The minimum absolute atomic E-state index is 0.0145. The van der Waals surface area contributed by atoms with Gasteiger partial charge >= 0.3 is 0 Å². The van der Waals surface area contributed by atoms with Gasteiger partial charge in [0.25, 0.3) is 11.5 Å². The molecule has 6 heteroatoms. The second kappa shape index (κ2) is 6.61. The number of pyridine rings is 1. The van der Waals surface area contributed by atoms with Crippen molar-refractivity contribution in [3.8, 4) is 0 Å². The molecule has 1 amide bonds. The molecule has 0 atom stereocenters. The average Bonchev–Trinajstić information content (AvgIpc) is 3.02. The van der Waals surface area contributed by atoms with E-state index in [0.717, 1.165) is 18.6 Å². The molecule has 0 radical (unpaired) electrons. The molecule has 2 aromatic heterocycles. The zero-order valence-corrected chi connectivity index (χ0v) is 16.0. The Morgan fingerprint density at radius 3 is 2.30 bits per heavy atom. The molecule has 4 rings (SSSR count). The Morgan fingerprint density at radius 1 is 0.963 bits per heavy atom. The van der Waals surface area contributed by atoms with Gasteiger partial charge in [0.1, 0.15) is 5.69 Å². The highest BCUT2D eigenvalue weighted by Gasteiger charge is 2.25. The van der Waals surface area contributed by atoms with Crippen LogP contribution in [0.5, 0.6) is 0 Å². The normalized spacial score (nSPS) is 14.8. The van der Waals surface area contributed by atoms with Crippen molar-refractivity contribution in [1.82, 2.24) is 14.0 Å². The number of carbonyl (C=O) groups excluding carboxylic acids is 1. The summed E-state index contributed by atoms with van der Waals surface area (Å²) in [5.41, 5.74) is 3.72. The quantitative estimate of drug-likeness (QED) is 0.700. The van der Waals surface area contributed by atoms with E-state index in [1.165, 1.54) is 15.8 Å². The summed E-state index contributed by atoms with van der Waals surface area (Å²) in [4.78, 5) is 29.6. The summed E-state index contributed by atoms with van der Waals surface area (Å²) < 4.78 is 3.36. The van der Waals surface area contributed by atoms with Crippen LogP contribution in [0.15, 0.2) is 47.4 Å². The van der Waals surface area contributed by atoms with Crippen LogP contribution in [-0.4, -0.2) is 46.1 Å². The van der Waals surface area contributed by atoms with E-state index in [2.05, 4.69) is 36.1 Å². The minimum Gasteiger partial charge on any atom is -0.368 e.